The summed E-state index contributed by atoms with van der Waals surface area (Å²) < 4.78 is 49.4. The first-order valence-corrected chi connectivity index (χ1v) is 9.50. The van der Waals surface area contributed by atoms with Crippen molar-refractivity contribution in [2.75, 3.05) is 0 Å². The van der Waals surface area contributed by atoms with Gasteiger partial charge in [0.2, 0.25) is 5.89 Å². The van der Waals surface area contributed by atoms with Crippen molar-refractivity contribution in [3.05, 3.63) is 78.1 Å². The van der Waals surface area contributed by atoms with Gasteiger partial charge in [0, 0.05) is 17.1 Å². The van der Waals surface area contributed by atoms with E-state index in [1.165, 1.54) is 29.3 Å². The Balaban J connectivity index is 1.60. The molecule has 33 heavy (non-hydrogen) atoms. The molecule has 0 aliphatic rings. The fourth-order valence-corrected chi connectivity index (χ4v) is 3.10. The van der Waals surface area contributed by atoms with Crippen LogP contribution >= 0.6 is 0 Å². The number of fused-ring (bicyclic) bond motifs is 1. The number of nitrogens with two attached hydrogens (primary N) is 1. The maximum Gasteiger partial charge on any atom is 0.490 e. The summed E-state index contributed by atoms with van der Waals surface area (Å²) in [5.41, 5.74) is 6.87. The zero-order valence-corrected chi connectivity index (χ0v) is 16.7. The lowest BCUT2D eigenvalue weighted by atomic mass is 10.1. The van der Waals surface area contributed by atoms with Gasteiger partial charge < -0.3 is 14.9 Å². The Morgan fingerprint density at radius 1 is 1.18 bits per heavy atom. The molecule has 0 aliphatic heterocycles. The molecule has 2 heterocycles. The zero-order valence-electron chi connectivity index (χ0n) is 16.7. The number of alkyl halides is 3. The lowest BCUT2D eigenvalue weighted by Gasteiger charge is -2.20. The van der Waals surface area contributed by atoms with Gasteiger partial charge in [0.25, 0.3) is 5.91 Å². The van der Waals surface area contributed by atoms with Crippen LogP contribution in [0.15, 0.2) is 65.5 Å². The summed E-state index contributed by atoms with van der Waals surface area (Å²) in [6.07, 6.45) is -2.21. The number of hydrogen-bond donors (Lipinski definition) is 2. The van der Waals surface area contributed by atoms with Crippen LogP contribution in [0.4, 0.5) is 13.2 Å². The smallest absolute Gasteiger partial charge is 0.448 e. The molecule has 0 radical (unpaired) electrons. The van der Waals surface area contributed by atoms with Gasteiger partial charge in [0.15, 0.2) is 6.23 Å². The second-order valence-corrected chi connectivity index (χ2v) is 6.86. The average Bonchev–Trinajstić information content (AvgIpc) is 3.45. The molecule has 0 aliphatic carbocycles. The molecule has 1 atom stereocenters. The Kier molecular flexibility index (Phi) is 5.84. The number of hydrogen-bond acceptors (Lipinski definition) is 7. The Labute approximate surface area is 183 Å². The summed E-state index contributed by atoms with van der Waals surface area (Å²) in [4.78, 5) is 26.9. The largest absolute Gasteiger partial charge is 0.490 e. The van der Waals surface area contributed by atoms with E-state index in [9.17, 15) is 22.8 Å². The molecule has 9 nitrogen and oxygen atoms in total. The van der Waals surface area contributed by atoms with Gasteiger partial charge >= 0.3 is 12.1 Å². The fraction of sp³-hybridized carbons (Fsp3) is 0.143. The predicted molar refractivity (Wildman–Crippen MR) is 108 cm³/mol. The average molecular weight is 459 g/mol. The first kappa shape index (κ1) is 22.0. The summed E-state index contributed by atoms with van der Waals surface area (Å²) in [5.74, 6) is -2.76. The number of carbonyl (C=O) groups is 2. The van der Waals surface area contributed by atoms with Crippen molar-refractivity contribution < 1.29 is 31.9 Å². The molecule has 2 aromatic carbocycles. The summed E-state index contributed by atoms with van der Waals surface area (Å²) in [5, 5.41) is 7.72. The molecule has 170 valence electrons. The monoisotopic (exact) mass is 459 g/mol. The third kappa shape index (κ3) is 4.85. The molecule has 1 amide bonds. The Morgan fingerprint density at radius 3 is 2.58 bits per heavy atom. The van der Waals surface area contributed by atoms with E-state index in [1.807, 2.05) is 0 Å². The fourth-order valence-electron chi connectivity index (χ4n) is 3.10. The van der Waals surface area contributed by atoms with E-state index in [2.05, 4.69) is 20.1 Å². The minimum atomic E-state index is -5.16. The number of nitrogens with one attached hydrogen (secondary N) is 1. The van der Waals surface area contributed by atoms with E-state index < -0.39 is 24.3 Å². The number of ether oxygens (including phenoxy) is 1. The van der Waals surface area contributed by atoms with Gasteiger partial charge in [-0.3, -0.25) is 10.1 Å². The molecule has 0 spiro atoms. The maximum absolute atomic E-state index is 12.7. The van der Waals surface area contributed by atoms with Crippen LogP contribution < -0.4 is 11.1 Å². The number of aromatic nitrogens is 3. The molecule has 0 saturated carbocycles. The normalized spacial score (nSPS) is 12.6. The minimum absolute atomic E-state index is 0.0784. The van der Waals surface area contributed by atoms with Gasteiger partial charge in [0.1, 0.15) is 11.8 Å². The summed E-state index contributed by atoms with van der Waals surface area (Å²) in [7, 11) is 0. The summed E-state index contributed by atoms with van der Waals surface area (Å²) >= 11 is 0. The summed E-state index contributed by atoms with van der Waals surface area (Å²) in [6.45, 7) is -0.0784. The van der Waals surface area contributed by atoms with E-state index in [0.29, 0.717) is 16.6 Å². The van der Waals surface area contributed by atoms with Gasteiger partial charge in [-0.25, -0.2) is 14.5 Å². The number of halogens is 3. The van der Waals surface area contributed by atoms with Crippen LogP contribution in [0.2, 0.25) is 0 Å². The van der Waals surface area contributed by atoms with E-state index in [4.69, 9.17) is 10.2 Å². The third-order valence-electron chi connectivity index (χ3n) is 4.64. The first-order chi connectivity index (χ1) is 15.7. The molecular formula is C21H16F3N5O4. The van der Waals surface area contributed by atoms with Crippen molar-refractivity contribution in [2.24, 2.45) is 5.73 Å². The molecule has 4 aromatic rings. The Hall–Kier alpha value is -4.19. The van der Waals surface area contributed by atoms with Crippen LogP contribution in [-0.2, 0) is 16.1 Å². The van der Waals surface area contributed by atoms with Crippen LogP contribution in [0.25, 0.3) is 16.6 Å². The number of carbonyl (C=O) groups excluding carboxylic acids is 2. The van der Waals surface area contributed by atoms with Crippen LogP contribution in [0.1, 0.15) is 28.0 Å². The SMILES string of the molecule is NC(=O)c1cccc2cn(-c3ccc(C(NCc4ncco4)OC(=O)C(F)(F)F)cc3)nc12. The van der Waals surface area contributed by atoms with Gasteiger partial charge in [-0.2, -0.15) is 18.3 Å². The highest BCUT2D eigenvalue weighted by atomic mass is 19.4. The quantitative estimate of drug-likeness (QED) is 0.321. The van der Waals surface area contributed by atoms with Crippen molar-refractivity contribution in [3.8, 4) is 5.69 Å². The highest BCUT2D eigenvalue weighted by Gasteiger charge is 2.42. The molecule has 1 unspecified atom stereocenters. The predicted octanol–water partition coefficient (Wildman–Crippen LogP) is 3.01. The van der Waals surface area contributed by atoms with Crippen molar-refractivity contribution in [2.45, 2.75) is 18.9 Å². The lowest BCUT2D eigenvalue weighted by Crippen LogP contribution is -2.32. The molecule has 0 bridgehead atoms. The number of rotatable bonds is 7. The number of nitrogens with zero attached hydrogens (tertiary/aromatic N) is 3. The van der Waals surface area contributed by atoms with Crippen molar-refractivity contribution >= 4 is 22.8 Å². The molecule has 12 heteroatoms. The number of oxazole rings is 1. The van der Waals surface area contributed by atoms with Crippen molar-refractivity contribution in [1.82, 2.24) is 20.1 Å². The molecule has 0 fully saturated rings. The topological polar surface area (TPSA) is 125 Å². The summed E-state index contributed by atoms with van der Waals surface area (Å²) in [6, 6.07) is 11.1. The molecular weight excluding hydrogens is 443 g/mol. The van der Waals surface area contributed by atoms with Gasteiger partial charge in [-0.1, -0.05) is 24.3 Å². The van der Waals surface area contributed by atoms with Gasteiger partial charge in [-0.15, -0.1) is 0 Å². The van der Waals surface area contributed by atoms with Crippen molar-refractivity contribution in [3.63, 3.8) is 0 Å². The van der Waals surface area contributed by atoms with Gasteiger partial charge in [-0.05, 0) is 18.2 Å². The Bertz CT molecular complexity index is 1280. The van der Waals surface area contributed by atoms with E-state index in [-0.39, 0.29) is 23.6 Å². The van der Waals surface area contributed by atoms with Crippen LogP contribution in [0.3, 0.4) is 0 Å². The van der Waals surface area contributed by atoms with Crippen LogP contribution in [0, 0.1) is 0 Å². The molecule has 2 aromatic heterocycles. The first-order valence-electron chi connectivity index (χ1n) is 9.50. The molecule has 0 saturated heterocycles. The van der Waals surface area contributed by atoms with Crippen LogP contribution in [-0.4, -0.2) is 32.8 Å². The lowest BCUT2D eigenvalue weighted by molar-refractivity contribution is -0.207. The highest BCUT2D eigenvalue weighted by Crippen LogP contribution is 2.25. The number of amides is 1. The standard InChI is InChI=1S/C21H16F3N5O4/c22-21(23,24)20(31)33-19(27-10-16-26-8-9-32-16)12-4-6-14(7-5-12)29-11-13-2-1-3-15(18(25)30)17(13)28-29/h1-9,11,19,27H,10H2,(H2,25,30). The second-order valence-electron chi connectivity index (χ2n) is 6.86. The number of primary amides is 1. The number of esters is 1. The highest BCUT2D eigenvalue weighted by molar-refractivity contribution is 6.04. The zero-order chi connectivity index (χ0) is 23.6. The van der Waals surface area contributed by atoms with Crippen molar-refractivity contribution in [1.29, 1.82) is 0 Å². The van der Waals surface area contributed by atoms with E-state index in [1.54, 1.807) is 36.5 Å². The van der Waals surface area contributed by atoms with Crippen LogP contribution in [0.5, 0.6) is 0 Å². The maximum atomic E-state index is 12.7. The van der Waals surface area contributed by atoms with Gasteiger partial charge in [0.05, 0.1) is 24.0 Å². The van der Waals surface area contributed by atoms with E-state index >= 15 is 0 Å². The second kappa shape index (κ2) is 8.74. The number of benzene rings is 2. The Morgan fingerprint density at radius 2 is 1.94 bits per heavy atom. The molecule has 4 rings (SSSR count). The third-order valence-corrected chi connectivity index (χ3v) is 4.64. The van der Waals surface area contributed by atoms with E-state index in [0.717, 1.165) is 0 Å². The molecule has 3 N–H and O–H groups in total. The minimum Gasteiger partial charge on any atom is -0.448 e.